The first kappa shape index (κ1) is 38.3. The third-order valence-corrected chi connectivity index (χ3v) is 14.3. The van der Waals surface area contributed by atoms with E-state index >= 15 is 0 Å². The number of fused-ring (bicyclic) bond motifs is 6. The minimum absolute atomic E-state index is 0.0502. The zero-order valence-corrected chi connectivity index (χ0v) is 37.0. The maximum absolute atomic E-state index is 4.21. The van der Waals surface area contributed by atoms with Crippen LogP contribution in [-0.2, 0) is 5.41 Å². The van der Waals surface area contributed by atoms with Crippen molar-refractivity contribution in [2.24, 2.45) is 0 Å². The van der Waals surface area contributed by atoms with E-state index in [1.807, 2.05) is 6.08 Å². The van der Waals surface area contributed by atoms with Gasteiger partial charge < -0.3 is 9.30 Å². The first-order chi connectivity index (χ1) is 31.3. The topological polar surface area (TPSA) is 7.65 Å². The number of allylic oxidation sites excluding steroid dienone is 1. The molecule has 2 aliphatic carbocycles. The highest BCUT2D eigenvalue weighted by Gasteiger charge is 2.36. The van der Waals surface area contributed by atoms with Crippen LogP contribution in [0.4, 0.5) is 17.1 Å². The molecule has 2 heteroatoms. The Morgan fingerprint density at radius 3 is 2.02 bits per heavy atom. The second-order valence-corrected chi connectivity index (χ2v) is 18.5. The summed E-state index contributed by atoms with van der Waals surface area (Å²) >= 11 is 0. The van der Waals surface area contributed by atoms with Crippen LogP contribution in [0.5, 0.6) is 0 Å². The molecule has 2 heterocycles. The monoisotopic (exact) mass is 822 g/mol. The number of anilines is 3. The summed E-state index contributed by atoms with van der Waals surface area (Å²) in [5.74, 6) is 0.567. The van der Waals surface area contributed by atoms with Crippen molar-refractivity contribution in [1.29, 1.82) is 0 Å². The van der Waals surface area contributed by atoms with E-state index < -0.39 is 0 Å². The Hall–Kier alpha value is -7.42. The van der Waals surface area contributed by atoms with Crippen molar-refractivity contribution in [3.05, 3.63) is 216 Å². The highest BCUT2D eigenvalue weighted by molar-refractivity contribution is 6.21. The number of hydrogen-bond donors (Lipinski definition) is 0. The standard InChI is InChI=1S/C62H50N2/c1-6-15-58-47(7-2)52-20-13-21-53-60-49(19-14-23-59(60)64(58)61(52)53)43-28-33-50(54(37-43)42-24-25-42)48-34-31-45(36-39(48)3)63(44-29-26-41(27-30-44)40-16-9-8-10-17-40)46-32-35-57-55(38-46)51-18-11-12-22-56(51)62(57,4)5/h6-23,26-38,42H,2,24-25H2,1,3-5H3/b15-6-. The summed E-state index contributed by atoms with van der Waals surface area (Å²) in [6, 6.07) is 63.7. The zero-order valence-electron chi connectivity index (χ0n) is 37.0. The second kappa shape index (κ2) is 14.6. The van der Waals surface area contributed by atoms with E-state index in [4.69, 9.17) is 0 Å². The summed E-state index contributed by atoms with van der Waals surface area (Å²) in [5.41, 5.74) is 24.1. The fourth-order valence-electron chi connectivity index (χ4n) is 11.1. The molecule has 1 saturated carbocycles. The molecule has 10 aromatic rings. The van der Waals surface area contributed by atoms with Crippen molar-refractivity contribution in [3.8, 4) is 44.5 Å². The zero-order chi connectivity index (χ0) is 43.3. The lowest BCUT2D eigenvalue weighted by Gasteiger charge is -2.28. The van der Waals surface area contributed by atoms with Gasteiger partial charge in [0.05, 0.1) is 16.7 Å². The molecule has 0 atom stereocenters. The minimum Gasteiger partial charge on any atom is -0.310 e. The molecule has 2 nitrogen and oxygen atoms in total. The SMILES string of the molecule is C=Cc1c(/C=C\C)n2c3cccc(-c4ccc(-c5ccc(N(c6ccc(-c7ccccc7)cc6)c6ccc7c(c6)-c6ccccc6C7(C)C)cc5C)c(C5CC5)c4)c3c3cccc1c32. The lowest BCUT2D eigenvalue weighted by Crippen LogP contribution is -2.15. The van der Waals surface area contributed by atoms with Gasteiger partial charge in [-0.15, -0.1) is 0 Å². The molecule has 8 aromatic carbocycles. The van der Waals surface area contributed by atoms with Crippen LogP contribution in [0.3, 0.4) is 0 Å². The first-order valence-corrected chi connectivity index (χ1v) is 22.9. The molecular formula is C62H50N2. The average Bonchev–Trinajstić information content (AvgIpc) is 4.01. The Labute approximate surface area is 376 Å². The van der Waals surface area contributed by atoms with Crippen LogP contribution >= 0.6 is 0 Å². The van der Waals surface area contributed by atoms with Gasteiger partial charge in [-0.3, -0.25) is 0 Å². The van der Waals surface area contributed by atoms with Gasteiger partial charge in [0.25, 0.3) is 0 Å². The second-order valence-electron chi connectivity index (χ2n) is 18.5. The number of hydrogen-bond acceptors (Lipinski definition) is 1. The highest BCUT2D eigenvalue weighted by atomic mass is 15.1. The predicted octanol–water partition coefficient (Wildman–Crippen LogP) is 17.3. The minimum atomic E-state index is -0.0502. The van der Waals surface area contributed by atoms with E-state index in [1.54, 1.807) is 0 Å². The fraction of sp³-hybridized carbons (Fsp3) is 0.129. The molecule has 64 heavy (non-hydrogen) atoms. The van der Waals surface area contributed by atoms with Crippen molar-refractivity contribution in [2.45, 2.75) is 51.9 Å². The summed E-state index contributed by atoms with van der Waals surface area (Å²) in [5, 5.41) is 3.86. The number of aromatic nitrogens is 1. The summed E-state index contributed by atoms with van der Waals surface area (Å²) in [7, 11) is 0. The lowest BCUT2D eigenvalue weighted by molar-refractivity contribution is 0.660. The molecular weight excluding hydrogens is 773 g/mol. The molecule has 0 radical (unpaired) electrons. The third-order valence-electron chi connectivity index (χ3n) is 14.3. The summed E-state index contributed by atoms with van der Waals surface area (Å²) in [4.78, 5) is 2.44. The molecule has 0 saturated heterocycles. The largest absolute Gasteiger partial charge is 0.310 e. The molecule has 0 amide bonds. The summed E-state index contributed by atoms with van der Waals surface area (Å²) < 4.78 is 2.45. The Kier molecular flexibility index (Phi) is 8.72. The molecule has 2 aliphatic rings. The highest BCUT2D eigenvalue weighted by Crippen LogP contribution is 2.52. The Balaban J connectivity index is 0.971. The van der Waals surface area contributed by atoms with Crippen LogP contribution in [-0.4, -0.2) is 4.40 Å². The van der Waals surface area contributed by atoms with E-state index in [1.165, 1.54) is 118 Å². The maximum Gasteiger partial charge on any atom is 0.0620 e. The number of nitrogens with zero attached hydrogens (tertiary/aromatic N) is 2. The van der Waals surface area contributed by atoms with Crippen LogP contribution in [0.15, 0.2) is 183 Å². The molecule has 0 unspecified atom stereocenters. The molecule has 0 N–H and O–H groups in total. The van der Waals surface area contributed by atoms with Gasteiger partial charge >= 0.3 is 0 Å². The Bertz CT molecular complexity index is 3500. The summed E-state index contributed by atoms with van der Waals surface area (Å²) in [6.07, 6.45) is 8.83. The van der Waals surface area contributed by atoms with Crippen molar-refractivity contribution in [2.75, 3.05) is 4.90 Å². The lowest BCUT2D eigenvalue weighted by atomic mass is 9.82. The molecule has 12 rings (SSSR count). The molecule has 308 valence electrons. The molecule has 0 aliphatic heterocycles. The van der Waals surface area contributed by atoms with Gasteiger partial charge in [-0.2, -0.15) is 0 Å². The normalized spacial score (nSPS) is 14.2. The van der Waals surface area contributed by atoms with Gasteiger partial charge in [0, 0.05) is 44.2 Å². The van der Waals surface area contributed by atoms with Crippen molar-refractivity contribution in [1.82, 2.24) is 4.40 Å². The van der Waals surface area contributed by atoms with E-state index in [2.05, 4.69) is 226 Å². The fourth-order valence-corrected chi connectivity index (χ4v) is 11.1. The van der Waals surface area contributed by atoms with Crippen LogP contribution in [0.1, 0.15) is 73.0 Å². The van der Waals surface area contributed by atoms with Crippen molar-refractivity contribution >= 4 is 56.4 Å². The van der Waals surface area contributed by atoms with Crippen LogP contribution in [0, 0.1) is 6.92 Å². The van der Waals surface area contributed by atoms with Gasteiger partial charge in [0.1, 0.15) is 0 Å². The molecule has 0 spiro atoms. The molecule has 1 fully saturated rings. The van der Waals surface area contributed by atoms with Gasteiger partial charge in [-0.1, -0.05) is 160 Å². The predicted molar refractivity (Wildman–Crippen MR) is 274 cm³/mol. The van der Waals surface area contributed by atoms with Gasteiger partial charge in [0.15, 0.2) is 0 Å². The average molecular weight is 823 g/mol. The van der Waals surface area contributed by atoms with Gasteiger partial charge in [0.2, 0.25) is 0 Å². The van der Waals surface area contributed by atoms with Crippen LogP contribution in [0.2, 0.25) is 0 Å². The smallest absolute Gasteiger partial charge is 0.0620 e. The molecule has 2 aromatic heterocycles. The van der Waals surface area contributed by atoms with E-state index in [-0.39, 0.29) is 5.41 Å². The maximum atomic E-state index is 4.21. The van der Waals surface area contributed by atoms with Gasteiger partial charge in [-0.05, 0) is 148 Å². The van der Waals surface area contributed by atoms with Crippen LogP contribution < -0.4 is 4.90 Å². The number of para-hydroxylation sites is 1. The summed E-state index contributed by atoms with van der Waals surface area (Å²) in [6.45, 7) is 13.3. The number of rotatable bonds is 9. The Morgan fingerprint density at radius 1 is 0.578 bits per heavy atom. The number of aryl methyl sites for hydroxylation is 1. The van der Waals surface area contributed by atoms with E-state index in [0.717, 1.165) is 17.1 Å². The van der Waals surface area contributed by atoms with Crippen LogP contribution in [0.25, 0.3) is 83.9 Å². The van der Waals surface area contributed by atoms with E-state index in [9.17, 15) is 0 Å². The Morgan fingerprint density at radius 2 is 1.23 bits per heavy atom. The quantitative estimate of drug-likeness (QED) is 0.141. The van der Waals surface area contributed by atoms with Gasteiger partial charge in [-0.25, -0.2) is 0 Å². The molecule has 0 bridgehead atoms. The van der Waals surface area contributed by atoms with E-state index in [0.29, 0.717) is 5.92 Å². The van der Waals surface area contributed by atoms with Crippen molar-refractivity contribution in [3.63, 3.8) is 0 Å². The third kappa shape index (κ3) is 5.78. The number of benzene rings is 8. The van der Waals surface area contributed by atoms with Crippen molar-refractivity contribution < 1.29 is 0 Å². The first-order valence-electron chi connectivity index (χ1n) is 22.9.